The Kier molecular flexibility index (Phi) is 5.45. The smallest absolute Gasteiger partial charge is 0.243 e. The first-order valence-electron chi connectivity index (χ1n) is 9.15. The molecular weight excluding hydrogens is 328 g/mol. The number of carbonyl (C=O) groups excluding carboxylic acids is 2. The van der Waals surface area contributed by atoms with Crippen LogP contribution in [0.15, 0.2) is 34.7 Å². The van der Waals surface area contributed by atoms with Gasteiger partial charge >= 0.3 is 0 Å². The number of benzene rings is 1. The molecule has 3 rings (SSSR count). The number of furan rings is 1. The van der Waals surface area contributed by atoms with Gasteiger partial charge < -0.3 is 15.1 Å². The third kappa shape index (κ3) is 4.54. The Morgan fingerprint density at radius 2 is 1.92 bits per heavy atom. The summed E-state index contributed by atoms with van der Waals surface area (Å²) in [5.74, 6) is 2.73. The van der Waals surface area contributed by atoms with Crippen molar-refractivity contribution in [2.75, 3.05) is 11.9 Å². The van der Waals surface area contributed by atoms with Crippen molar-refractivity contribution in [2.24, 2.45) is 5.92 Å². The molecule has 1 aromatic carbocycles. The summed E-state index contributed by atoms with van der Waals surface area (Å²) in [5, 5.41) is 5.50. The van der Waals surface area contributed by atoms with E-state index < -0.39 is 0 Å². The molecule has 2 amide bonds. The molecule has 1 saturated carbocycles. The fourth-order valence-electron chi connectivity index (χ4n) is 3.03. The molecule has 0 saturated heterocycles. The zero-order valence-corrected chi connectivity index (χ0v) is 15.6. The highest BCUT2D eigenvalue weighted by Gasteiger charge is 2.36. The number of carbonyl (C=O) groups is 2. The van der Waals surface area contributed by atoms with Gasteiger partial charge in [0.15, 0.2) is 0 Å². The fraction of sp³-hybridized carbons (Fsp3) is 0.429. The van der Waals surface area contributed by atoms with Crippen LogP contribution in [0.4, 0.5) is 5.69 Å². The lowest BCUT2D eigenvalue weighted by Crippen LogP contribution is -2.33. The van der Waals surface area contributed by atoms with Crippen LogP contribution in [-0.4, -0.2) is 18.4 Å². The molecule has 1 fully saturated rings. The first kappa shape index (κ1) is 18.2. The third-order valence-corrected chi connectivity index (χ3v) is 5.08. The largest absolute Gasteiger partial charge is 0.466 e. The molecule has 0 aliphatic heterocycles. The average molecular weight is 354 g/mol. The van der Waals surface area contributed by atoms with E-state index in [1.54, 1.807) is 0 Å². The molecule has 2 atom stereocenters. The monoisotopic (exact) mass is 354 g/mol. The maximum atomic E-state index is 12.0. The van der Waals surface area contributed by atoms with Crippen molar-refractivity contribution in [3.8, 4) is 0 Å². The molecule has 138 valence electrons. The predicted molar refractivity (Wildman–Crippen MR) is 101 cm³/mol. The summed E-state index contributed by atoms with van der Waals surface area (Å²) < 4.78 is 5.80. The molecule has 5 heteroatoms. The summed E-state index contributed by atoms with van der Waals surface area (Å²) in [6.45, 7) is 6.14. The van der Waals surface area contributed by atoms with Crippen LogP contribution in [0.2, 0.25) is 0 Å². The van der Waals surface area contributed by atoms with Crippen LogP contribution in [0.1, 0.15) is 48.3 Å². The second-order valence-corrected chi connectivity index (χ2v) is 7.20. The van der Waals surface area contributed by atoms with Gasteiger partial charge in [-0.3, -0.25) is 9.59 Å². The summed E-state index contributed by atoms with van der Waals surface area (Å²) in [4.78, 5) is 24.0. The number of nitrogens with one attached hydrogen (secondary N) is 2. The van der Waals surface area contributed by atoms with Crippen molar-refractivity contribution < 1.29 is 14.0 Å². The highest BCUT2D eigenvalue weighted by Crippen LogP contribution is 2.47. The van der Waals surface area contributed by atoms with Crippen molar-refractivity contribution in [3.05, 3.63) is 53.0 Å². The van der Waals surface area contributed by atoms with Gasteiger partial charge in [0, 0.05) is 24.4 Å². The molecule has 5 nitrogen and oxygen atoms in total. The Morgan fingerprint density at radius 3 is 2.65 bits per heavy atom. The minimum Gasteiger partial charge on any atom is -0.466 e. The van der Waals surface area contributed by atoms with Gasteiger partial charge in [-0.05, 0) is 55.5 Å². The van der Waals surface area contributed by atoms with Crippen LogP contribution >= 0.6 is 0 Å². The number of rotatable bonds is 7. The SMILES string of the molecule is Cc1cccc(NC(=O)CNC(=O)CCc2ccc(C3CC3C)o2)c1C. The van der Waals surface area contributed by atoms with Crippen LogP contribution in [0.25, 0.3) is 0 Å². The van der Waals surface area contributed by atoms with E-state index >= 15 is 0 Å². The number of hydrogen-bond acceptors (Lipinski definition) is 3. The topological polar surface area (TPSA) is 71.3 Å². The zero-order valence-electron chi connectivity index (χ0n) is 15.6. The van der Waals surface area contributed by atoms with Gasteiger partial charge in [-0.15, -0.1) is 0 Å². The first-order valence-corrected chi connectivity index (χ1v) is 9.15. The summed E-state index contributed by atoms with van der Waals surface area (Å²) in [6, 6.07) is 9.71. The zero-order chi connectivity index (χ0) is 18.7. The highest BCUT2D eigenvalue weighted by atomic mass is 16.3. The molecule has 26 heavy (non-hydrogen) atoms. The molecule has 2 aromatic rings. The lowest BCUT2D eigenvalue weighted by atomic mass is 10.1. The van der Waals surface area contributed by atoms with Crippen LogP contribution in [0.5, 0.6) is 0 Å². The van der Waals surface area contributed by atoms with Crippen LogP contribution < -0.4 is 10.6 Å². The van der Waals surface area contributed by atoms with E-state index in [0.717, 1.165) is 28.3 Å². The molecule has 1 aromatic heterocycles. The van der Waals surface area contributed by atoms with Gasteiger partial charge in [0.1, 0.15) is 11.5 Å². The van der Waals surface area contributed by atoms with E-state index in [9.17, 15) is 9.59 Å². The highest BCUT2D eigenvalue weighted by molar-refractivity contribution is 5.95. The van der Waals surface area contributed by atoms with Crippen LogP contribution in [-0.2, 0) is 16.0 Å². The van der Waals surface area contributed by atoms with E-state index in [0.29, 0.717) is 24.7 Å². The van der Waals surface area contributed by atoms with Crippen molar-refractivity contribution in [1.29, 1.82) is 0 Å². The number of anilines is 1. The van der Waals surface area contributed by atoms with Crippen molar-refractivity contribution in [2.45, 2.75) is 46.0 Å². The summed E-state index contributed by atoms with van der Waals surface area (Å²) in [7, 11) is 0. The van der Waals surface area contributed by atoms with E-state index in [-0.39, 0.29) is 18.4 Å². The number of aryl methyl sites for hydroxylation is 2. The van der Waals surface area contributed by atoms with E-state index in [1.165, 1.54) is 6.42 Å². The van der Waals surface area contributed by atoms with E-state index in [2.05, 4.69) is 17.6 Å². The van der Waals surface area contributed by atoms with E-state index in [1.807, 2.05) is 44.2 Å². The number of amides is 2. The molecule has 0 radical (unpaired) electrons. The van der Waals surface area contributed by atoms with Gasteiger partial charge in [-0.25, -0.2) is 0 Å². The standard InChI is InChI=1S/C21H26N2O3/c1-13-5-4-6-18(15(13)3)23-21(25)12-22-20(24)10-8-16-7-9-19(26-16)17-11-14(17)2/h4-7,9,14,17H,8,10-12H2,1-3H3,(H,22,24)(H,23,25). The van der Waals surface area contributed by atoms with Crippen molar-refractivity contribution >= 4 is 17.5 Å². The van der Waals surface area contributed by atoms with E-state index in [4.69, 9.17) is 4.42 Å². The molecule has 2 N–H and O–H groups in total. The second-order valence-electron chi connectivity index (χ2n) is 7.20. The molecule has 1 aliphatic carbocycles. The Bertz CT molecular complexity index is 809. The number of hydrogen-bond donors (Lipinski definition) is 2. The van der Waals surface area contributed by atoms with Gasteiger partial charge in [0.05, 0.1) is 6.54 Å². The predicted octanol–water partition coefficient (Wildman–Crippen LogP) is 3.71. The van der Waals surface area contributed by atoms with Crippen LogP contribution in [0, 0.1) is 19.8 Å². The lowest BCUT2D eigenvalue weighted by molar-refractivity contribution is -0.124. The average Bonchev–Trinajstić information content (AvgIpc) is 3.16. The van der Waals surface area contributed by atoms with Gasteiger partial charge in [-0.2, -0.15) is 0 Å². The maximum Gasteiger partial charge on any atom is 0.243 e. The lowest BCUT2D eigenvalue weighted by Gasteiger charge is -2.10. The van der Waals surface area contributed by atoms with Crippen molar-refractivity contribution in [3.63, 3.8) is 0 Å². The fourth-order valence-corrected chi connectivity index (χ4v) is 3.03. The Morgan fingerprint density at radius 1 is 1.15 bits per heavy atom. The Hall–Kier alpha value is -2.56. The van der Waals surface area contributed by atoms with Gasteiger partial charge in [-0.1, -0.05) is 19.1 Å². The van der Waals surface area contributed by atoms with Gasteiger partial charge in [0.25, 0.3) is 0 Å². The van der Waals surface area contributed by atoms with Crippen LogP contribution in [0.3, 0.4) is 0 Å². The molecule has 0 bridgehead atoms. The summed E-state index contributed by atoms with van der Waals surface area (Å²) in [6.07, 6.45) is 2.04. The minimum atomic E-state index is -0.227. The minimum absolute atomic E-state index is 0.0325. The normalized spacial score (nSPS) is 18.4. The molecule has 0 spiro atoms. The summed E-state index contributed by atoms with van der Waals surface area (Å²) in [5.41, 5.74) is 2.93. The second kappa shape index (κ2) is 7.77. The Labute approximate surface area is 154 Å². The molecular formula is C21H26N2O3. The third-order valence-electron chi connectivity index (χ3n) is 5.08. The van der Waals surface area contributed by atoms with Gasteiger partial charge in [0.2, 0.25) is 11.8 Å². The molecule has 2 unspecified atom stereocenters. The first-order chi connectivity index (χ1) is 12.4. The Balaban J connectivity index is 1.40. The molecule has 1 heterocycles. The summed E-state index contributed by atoms with van der Waals surface area (Å²) >= 11 is 0. The quantitative estimate of drug-likeness (QED) is 0.796. The maximum absolute atomic E-state index is 12.0. The van der Waals surface area contributed by atoms with Crippen molar-refractivity contribution in [1.82, 2.24) is 5.32 Å². The molecule has 1 aliphatic rings.